The second-order valence-electron chi connectivity index (χ2n) is 8.18. The van der Waals surface area contributed by atoms with Gasteiger partial charge in [0.1, 0.15) is 12.5 Å². The van der Waals surface area contributed by atoms with Crippen molar-refractivity contribution < 1.29 is 14.3 Å². The molecule has 5 rings (SSSR count). The van der Waals surface area contributed by atoms with Gasteiger partial charge >= 0.3 is 0 Å². The number of fused-ring (bicyclic) bond motifs is 2. The summed E-state index contributed by atoms with van der Waals surface area (Å²) in [7, 11) is 0. The van der Waals surface area contributed by atoms with Crippen molar-refractivity contribution in [1.29, 1.82) is 0 Å². The molecular formula is C24H24ClNO3. The van der Waals surface area contributed by atoms with E-state index in [0.29, 0.717) is 17.4 Å². The average molecular weight is 410 g/mol. The Morgan fingerprint density at radius 2 is 1.83 bits per heavy atom. The van der Waals surface area contributed by atoms with E-state index in [1.54, 1.807) is 6.26 Å². The lowest BCUT2D eigenvalue weighted by molar-refractivity contribution is -0.135. The van der Waals surface area contributed by atoms with Crippen LogP contribution in [0.4, 0.5) is 0 Å². The quantitative estimate of drug-likeness (QED) is 0.653. The van der Waals surface area contributed by atoms with Gasteiger partial charge in [0.2, 0.25) is 5.76 Å². The van der Waals surface area contributed by atoms with Crippen molar-refractivity contribution in [2.45, 2.75) is 56.5 Å². The van der Waals surface area contributed by atoms with Gasteiger partial charge < -0.3 is 14.4 Å². The molecule has 0 N–H and O–H groups in total. The van der Waals surface area contributed by atoms with E-state index in [1.807, 2.05) is 29.2 Å². The first-order chi connectivity index (χ1) is 14.2. The first-order valence-corrected chi connectivity index (χ1v) is 10.7. The molecule has 0 saturated carbocycles. The largest absolute Gasteiger partial charge is 0.465 e. The Morgan fingerprint density at radius 3 is 2.52 bits per heavy atom. The molecule has 3 aliphatic heterocycles. The zero-order valence-electron chi connectivity index (χ0n) is 16.2. The standard InChI is InChI=1S/C24H24ClNO3/c25-19-8-6-16(7-9-19)18-12-20-10-11-21(13-18)26(20)24(27)23-15-28-14-22(29-23)17-4-2-1-3-5-17/h1-2,4,6-9,14-15,18,20-21H,3,5,10-13H2. The van der Waals surface area contributed by atoms with Gasteiger partial charge in [-0.3, -0.25) is 4.79 Å². The van der Waals surface area contributed by atoms with E-state index in [0.717, 1.165) is 49.1 Å². The van der Waals surface area contributed by atoms with Crippen LogP contribution >= 0.6 is 11.6 Å². The predicted octanol–water partition coefficient (Wildman–Crippen LogP) is 5.58. The third kappa shape index (κ3) is 3.62. The number of carbonyl (C=O) groups is 1. The molecular weight excluding hydrogens is 386 g/mol. The molecule has 150 valence electrons. The summed E-state index contributed by atoms with van der Waals surface area (Å²) in [6.07, 6.45) is 15.1. The number of hydrogen-bond acceptors (Lipinski definition) is 3. The van der Waals surface area contributed by atoms with Crippen molar-refractivity contribution in [3.8, 4) is 0 Å². The molecule has 1 amide bonds. The number of halogens is 1. The number of carbonyl (C=O) groups excluding carboxylic acids is 1. The topological polar surface area (TPSA) is 38.8 Å². The maximum Gasteiger partial charge on any atom is 0.293 e. The fraction of sp³-hybridized carbons (Fsp3) is 0.375. The number of ether oxygens (including phenoxy) is 2. The molecule has 3 heterocycles. The van der Waals surface area contributed by atoms with E-state index in [1.165, 1.54) is 11.8 Å². The van der Waals surface area contributed by atoms with E-state index in [-0.39, 0.29) is 18.0 Å². The van der Waals surface area contributed by atoms with Crippen LogP contribution in [0.2, 0.25) is 5.02 Å². The Bertz CT molecular complexity index is 914. The Kier molecular flexibility index (Phi) is 4.96. The maximum absolute atomic E-state index is 13.3. The lowest BCUT2D eigenvalue weighted by Crippen LogP contribution is -2.47. The average Bonchev–Trinajstić information content (AvgIpc) is 3.03. The Labute approximate surface area is 176 Å². The van der Waals surface area contributed by atoms with Gasteiger partial charge in [0.05, 0.1) is 0 Å². The molecule has 0 radical (unpaired) electrons. The summed E-state index contributed by atoms with van der Waals surface area (Å²) >= 11 is 6.04. The molecule has 2 fully saturated rings. The van der Waals surface area contributed by atoms with Crippen molar-refractivity contribution in [2.24, 2.45) is 0 Å². The maximum atomic E-state index is 13.3. The van der Waals surface area contributed by atoms with Gasteiger partial charge in [-0.05, 0) is 67.7 Å². The van der Waals surface area contributed by atoms with Crippen LogP contribution in [0, 0.1) is 0 Å². The summed E-state index contributed by atoms with van der Waals surface area (Å²) in [5.41, 5.74) is 2.38. The zero-order valence-corrected chi connectivity index (χ0v) is 17.0. The second-order valence-corrected chi connectivity index (χ2v) is 8.61. The van der Waals surface area contributed by atoms with Gasteiger partial charge in [-0.1, -0.05) is 42.0 Å². The second kappa shape index (κ2) is 7.75. The molecule has 4 nitrogen and oxygen atoms in total. The van der Waals surface area contributed by atoms with Gasteiger partial charge in [0.15, 0.2) is 5.76 Å². The number of hydrogen-bond donors (Lipinski definition) is 0. The van der Waals surface area contributed by atoms with Gasteiger partial charge in [0.25, 0.3) is 5.91 Å². The van der Waals surface area contributed by atoms with Crippen molar-refractivity contribution in [3.05, 3.63) is 82.7 Å². The van der Waals surface area contributed by atoms with Crippen LogP contribution in [0.1, 0.15) is 50.0 Å². The number of nitrogens with zero attached hydrogens (tertiary/aromatic N) is 1. The summed E-state index contributed by atoms with van der Waals surface area (Å²) in [5.74, 6) is 1.36. The molecule has 2 atom stereocenters. The third-order valence-corrected chi connectivity index (χ3v) is 6.67. The van der Waals surface area contributed by atoms with Crippen molar-refractivity contribution in [3.63, 3.8) is 0 Å². The minimum Gasteiger partial charge on any atom is -0.465 e. The van der Waals surface area contributed by atoms with E-state index < -0.39 is 0 Å². The molecule has 4 aliphatic rings. The fourth-order valence-electron chi connectivity index (χ4n) is 5.01. The molecule has 29 heavy (non-hydrogen) atoms. The van der Waals surface area contributed by atoms with E-state index in [9.17, 15) is 4.79 Å². The lowest BCUT2D eigenvalue weighted by Gasteiger charge is -2.39. The van der Waals surface area contributed by atoms with E-state index in [4.69, 9.17) is 21.1 Å². The van der Waals surface area contributed by atoms with Crippen molar-refractivity contribution >= 4 is 17.5 Å². The molecule has 1 aromatic rings. The highest BCUT2D eigenvalue weighted by atomic mass is 35.5. The van der Waals surface area contributed by atoms with Crippen LogP contribution in [0.3, 0.4) is 0 Å². The van der Waals surface area contributed by atoms with Crippen molar-refractivity contribution in [2.75, 3.05) is 0 Å². The van der Waals surface area contributed by atoms with Crippen LogP contribution in [-0.2, 0) is 14.3 Å². The van der Waals surface area contributed by atoms with Crippen molar-refractivity contribution in [1.82, 2.24) is 4.90 Å². The summed E-state index contributed by atoms with van der Waals surface area (Å²) in [6, 6.07) is 8.64. The highest BCUT2D eigenvalue weighted by molar-refractivity contribution is 6.30. The summed E-state index contributed by atoms with van der Waals surface area (Å²) in [6.45, 7) is 0. The predicted molar refractivity (Wildman–Crippen MR) is 112 cm³/mol. The highest BCUT2D eigenvalue weighted by Gasteiger charge is 2.45. The van der Waals surface area contributed by atoms with Gasteiger partial charge in [-0.2, -0.15) is 0 Å². The molecule has 1 aromatic carbocycles. The first kappa shape index (κ1) is 18.6. The Hall–Kier alpha value is -2.46. The SMILES string of the molecule is O=C(C1=COC=C(C2=CC=CCC2)O1)N1C2CCC1CC(c1ccc(Cl)cc1)C2. The number of benzene rings is 1. The smallest absolute Gasteiger partial charge is 0.293 e. The van der Waals surface area contributed by atoms with Gasteiger partial charge in [0, 0.05) is 17.1 Å². The minimum absolute atomic E-state index is 0.0513. The molecule has 2 bridgehead atoms. The molecule has 1 aliphatic carbocycles. The van der Waals surface area contributed by atoms with Crippen LogP contribution in [0.25, 0.3) is 0 Å². The highest BCUT2D eigenvalue weighted by Crippen LogP contribution is 2.44. The number of rotatable bonds is 3. The Balaban J connectivity index is 1.29. The molecule has 5 heteroatoms. The number of allylic oxidation sites excluding steroid dienone is 4. The van der Waals surface area contributed by atoms with Gasteiger partial charge in [-0.25, -0.2) is 0 Å². The van der Waals surface area contributed by atoms with E-state index in [2.05, 4.69) is 18.2 Å². The van der Waals surface area contributed by atoms with E-state index >= 15 is 0 Å². The molecule has 2 saturated heterocycles. The fourth-order valence-corrected chi connectivity index (χ4v) is 5.14. The van der Waals surface area contributed by atoms with Gasteiger partial charge in [-0.15, -0.1) is 0 Å². The summed E-state index contributed by atoms with van der Waals surface area (Å²) < 4.78 is 11.5. The molecule has 2 unspecified atom stereocenters. The van der Waals surface area contributed by atoms with Crippen LogP contribution in [0.5, 0.6) is 0 Å². The summed E-state index contributed by atoms with van der Waals surface area (Å²) in [5, 5.41) is 0.762. The van der Waals surface area contributed by atoms with Crippen LogP contribution in [0.15, 0.2) is 72.1 Å². The molecule has 0 aromatic heterocycles. The summed E-state index contributed by atoms with van der Waals surface area (Å²) in [4.78, 5) is 15.3. The van der Waals surface area contributed by atoms with Crippen LogP contribution in [-0.4, -0.2) is 22.9 Å². The monoisotopic (exact) mass is 409 g/mol. The number of piperidine rings is 1. The zero-order chi connectivity index (χ0) is 19.8. The normalized spacial score (nSPS) is 28.1. The molecule has 0 spiro atoms. The van der Waals surface area contributed by atoms with Crippen LogP contribution < -0.4 is 0 Å². The number of amides is 1. The Morgan fingerprint density at radius 1 is 1.07 bits per heavy atom. The third-order valence-electron chi connectivity index (χ3n) is 6.42. The minimum atomic E-state index is -0.0513. The lowest BCUT2D eigenvalue weighted by atomic mass is 9.85. The first-order valence-electron chi connectivity index (χ1n) is 10.4.